The maximum Gasteiger partial charge on any atom is 0.259 e. The molecule has 1 heterocycles. The molecule has 8 heteroatoms. The molecule has 1 aromatic heterocycles. The average Bonchev–Trinajstić information content (AvgIpc) is 2.91. The van der Waals surface area contributed by atoms with Gasteiger partial charge in [0.05, 0.1) is 27.5 Å². The number of aryl methyl sites for hydroxylation is 2. The van der Waals surface area contributed by atoms with E-state index in [-0.39, 0.29) is 10.8 Å². The summed E-state index contributed by atoms with van der Waals surface area (Å²) in [7, 11) is -3.87. The zero-order chi connectivity index (χ0) is 19.8. The van der Waals surface area contributed by atoms with E-state index in [1.54, 1.807) is 30.7 Å². The summed E-state index contributed by atoms with van der Waals surface area (Å²) in [5.74, 6) is -0.364. The van der Waals surface area contributed by atoms with Crippen LogP contribution in [0.4, 0.5) is 5.69 Å². The number of nitrogens with two attached hydrogens (primary N) is 1. The van der Waals surface area contributed by atoms with Crippen LogP contribution in [0, 0.1) is 20.8 Å². The fourth-order valence-electron chi connectivity index (χ4n) is 2.97. The zero-order valence-corrected chi connectivity index (χ0v) is 16.0. The molecule has 3 aromatic rings. The number of aromatic nitrogens is 2. The van der Waals surface area contributed by atoms with Crippen molar-refractivity contribution in [3.05, 3.63) is 71.0 Å². The van der Waals surface area contributed by atoms with Crippen LogP contribution in [0.1, 0.15) is 27.3 Å². The van der Waals surface area contributed by atoms with E-state index >= 15 is 0 Å². The molecule has 0 saturated carbocycles. The zero-order valence-electron chi connectivity index (χ0n) is 15.2. The van der Waals surface area contributed by atoms with Gasteiger partial charge in [-0.1, -0.05) is 24.3 Å². The Labute approximate surface area is 157 Å². The molecule has 27 heavy (non-hydrogen) atoms. The molecule has 0 spiro atoms. The lowest BCUT2D eigenvalue weighted by Gasteiger charge is -2.09. The predicted molar refractivity (Wildman–Crippen MR) is 104 cm³/mol. The number of sulfonamides is 1. The molecule has 0 fully saturated rings. The molecule has 2 aromatic carbocycles. The quantitative estimate of drug-likeness (QED) is 0.721. The van der Waals surface area contributed by atoms with Gasteiger partial charge in [0.15, 0.2) is 0 Å². The first-order valence-electron chi connectivity index (χ1n) is 8.25. The number of amides is 1. The SMILES string of the molecule is Cc1ccc(NC(=O)c2c(C)nn(-c3ccccc3)c2C)cc1S(N)(=O)=O. The topological polar surface area (TPSA) is 107 Å². The molecule has 0 saturated heterocycles. The van der Waals surface area contributed by atoms with Crippen LogP contribution in [0.2, 0.25) is 0 Å². The van der Waals surface area contributed by atoms with Crippen molar-refractivity contribution >= 4 is 21.6 Å². The van der Waals surface area contributed by atoms with E-state index in [0.717, 1.165) is 5.69 Å². The van der Waals surface area contributed by atoms with Gasteiger partial charge in [0.25, 0.3) is 5.91 Å². The minimum Gasteiger partial charge on any atom is -0.322 e. The Morgan fingerprint density at radius 1 is 1.07 bits per heavy atom. The van der Waals surface area contributed by atoms with Crippen molar-refractivity contribution < 1.29 is 13.2 Å². The maximum atomic E-state index is 12.8. The van der Waals surface area contributed by atoms with Crippen molar-refractivity contribution in [2.75, 3.05) is 5.32 Å². The lowest BCUT2D eigenvalue weighted by atomic mass is 10.1. The standard InChI is InChI=1S/C19H20N4O3S/c1-12-9-10-15(11-17(12)27(20,25)26)21-19(24)18-13(2)22-23(14(18)3)16-7-5-4-6-8-16/h4-11H,1-3H3,(H,21,24)(H2,20,25,26). The third kappa shape index (κ3) is 3.76. The van der Waals surface area contributed by atoms with Crippen molar-refractivity contribution in [2.24, 2.45) is 5.14 Å². The van der Waals surface area contributed by atoms with Gasteiger partial charge in [-0.15, -0.1) is 0 Å². The van der Waals surface area contributed by atoms with Gasteiger partial charge in [-0.25, -0.2) is 18.2 Å². The van der Waals surface area contributed by atoms with E-state index in [9.17, 15) is 13.2 Å². The van der Waals surface area contributed by atoms with Gasteiger partial charge >= 0.3 is 0 Å². The highest BCUT2D eigenvalue weighted by atomic mass is 32.2. The Morgan fingerprint density at radius 2 is 1.74 bits per heavy atom. The number of carbonyl (C=O) groups excluding carboxylic acids is 1. The van der Waals surface area contributed by atoms with Crippen molar-refractivity contribution in [3.63, 3.8) is 0 Å². The minimum absolute atomic E-state index is 0.0197. The molecule has 1 amide bonds. The largest absolute Gasteiger partial charge is 0.322 e. The summed E-state index contributed by atoms with van der Waals surface area (Å²) in [5.41, 5.74) is 3.42. The minimum atomic E-state index is -3.87. The smallest absolute Gasteiger partial charge is 0.259 e. The second-order valence-electron chi connectivity index (χ2n) is 6.27. The molecule has 0 aliphatic carbocycles. The van der Waals surface area contributed by atoms with Crippen LogP contribution >= 0.6 is 0 Å². The predicted octanol–water partition coefficient (Wildman–Crippen LogP) is 2.70. The number of primary sulfonamides is 1. The Hall–Kier alpha value is -2.97. The van der Waals surface area contributed by atoms with Gasteiger partial charge in [-0.2, -0.15) is 5.10 Å². The van der Waals surface area contributed by atoms with Crippen LogP contribution in [-0.4, -0.2) is 24.1 Å². The van der Waals surface area contributed by atoms with E-state index in [2.05, 4.69) is 10.4 Å². The molecule has 140 valence electrons. The van der Waals surface area contributed by atoms with Crippen molar-refractivity contribution in [2.45, 2.75) is 25.7 Å². The highest BCUT2D eigenvalue weighted by Gasteiger charge is 2.20. The normalized spacial score (nSPS) is 11.4. The van der Waals surface area contributed by atoms with Crippen LogP contribution in [0.25, 0.3) is 5.69 Å². The lowest BCUT2D eigenvalue weighted by molar-refractivity contribution is 0.102. The molecular formula is C19H20N4O3S. The number of rotatable bonds is 4. The number of hydrogen-bond donors (Lipinski definition) is 2. The highest BCUT2D eigenvalue weighted by molar-refractivity contribution is 7.89. The summed E-state index contributed by atoms with van der Waals surface area (Å²) < 4.78 is 25.1. The molecular weight excluding hydrogens is 364 g/mol. The molecule has 0 unspecified atom stereocenters. The first-order chi connectivity index (χ1) is 12.7. The van der Waals surface area contributed by atoms with Crippen LogP contribution in [-0.2, 0) is 10.0 Å². The van der Waals surface area contributed by atoms with Crippen LogP contribution < -0.4 is 10.5 Å². The molecule has 3 N–H and O–H groups in total. The van der Waals surface area contributed by atoms with E-state index in [1.807, 2.05) is 37.3 Å². The molecule has 3 rings (SSSR count). The third-order valence-electron chi connectivity index (χ3n) is 4.27. The Balaban J connectivity index is 1.95. The Bertz CT molecular complexity index is 1120. The second-order valence-corrected chi connectivity index (χ2v) is 7.80. The van der Waals surface area contributed by atoms with Crippen LogP contribution in [0.5, 0.6) is 0 Å². The van der Waals surface area contributed by atoms with Gasteiger partial charge in [0.1, 0.15) is 0 Å². The summed E-state index contributed by atoms with van der Waals surface area (Å²) in [6.45, 7) is 5.21. The molecule has 0 radical (unpaired) electrons. The first kappa shape index (κ1) is 18.8. The molecule has 0 atom stereocenters. The number of nitrogens with zero attached hydrogens (tertiary/aromatic N) is 2. The molecule has 0 aliphatic rings. The first-order valence-corrected chi connectivity index (χ1v) is 9.79. The Kier molecular flexibility index (Phi) is 4.86. The highest BCUT2D eigenvalue weighted by Crippen LogP contribution is 2.22. The monoisotopic (exact) mass is 384 g/mol. The van der Waals surface area contributed by atoms with Gasteiger partial charge in [0.2, 0.25) is 10.0 Å². The fraction of sp³-hybridized carbons (Fsp3) is 0.158. The van der Waals surface area contributed by atoms with Crippen molar-refractivity contribution in [3.8, 4) is 5.69 Å². The van der Waals surface area contributed by atoms with Gasteiger partial charge < -0.3 is 5.32 Å². The van der Waals surface area contributed by atoms with Gasteiger partial charge in [0, 0.05) is 5.69 Å². The summed E-state index contributed by atoms with van der Waals surface area (Å²) in [6, 6.07) is 14.1. The van der Waals surface area contributed by atoms with Gasteiger partial charge in [-0.3, -0.25) is 4.79 Å². The molecule has 0 aliphatic heterocycles. The van der Waals surface area contributed by atoms with Gasteiger partial charge in [-0.05, 0) is 50.6 Å². The lowest BCUT2D eigenvalue weighted by Crippen LogP contribution is -2.17. The van der Waals surface area contributed by atoms with Crippen molar-refractivity contribution in [1.29, 1.82) is 0 Å². The number of anilines is 1. The fourth-order valence-corrected chi connectivity index (χ4v) is 3.78. The van der Waals surface area contributed by atoms with E-state index in [4.69, 9.17) is 5.14 Å². The van der Waals surface area contributed by atoms with E-state index < -0.39 is 10.0 Å². The number of nitrogens with one attached hydrogen (secondary N) is 1. The van der Waals surface area contributed by atoms with Crippen LogP contribution in [0.3, 0.4) is 0 Å². The maximum absolute atomic E-state index is 12.8. The number of hydrogen-bond acceptors (Lipinski definition) is 4. The third-order valence-corrected chi connectivity index (χ3v) is 5.32. The number of carbonyl (C=O) groups is 1. The van der Waals surface area contributed by atoms with Crippen molar-refractivity contribution in [1.82, 2.24) is 9.78 Å². The van der Waals surface area contributed by atoms with E-state index in [1.165, 1.54) is 6.07 Å². The van der Waals surface area contributed by atoms with E-state index in [0.29, 0.717) is 28.2 Å². The number of benzene rings is 2. The Morgan fingerprint density at radius 3 is 2.37 bits per heavy atom. The van der Waals surface area contributed by atoms with Crippen LogP contribution in [0.15, 0.2) is 53.4 Å². The second kappa shape index (κ2) is 6.98. The summed E-state index contributed by atoms with van der Waals surface area (Å²) in [5, 5.41) is 12.4. The number of para-hydroxylation sites is 1. The summed E-state index contributed by atoms with van der Waals surface area (Å²) >= 11 is 0. The molecule has 7 nitrogen and oxygen atoms in total. The summed E-state index contributed by atoms with van der Waals surface area (Å²) in [6.07, 6.45) is 0. The summed E-state index contributed by atoms with van der Waals surface area (Å²) in [4.78, 5) is 12.8. The molecule has 0 bridgehead atoms. The average molecular weight is 384 g/mol.